The number of amides is 1. The molecule has 9 N–H and O–H groups in total. The minimum Gasteiger partial charge on any atom is -0.394 e. The molecule has 0 saturated carbocycles. The van der Waals surface area contributed by atoms with Crippen molar-refractivity contribution in [2.45, 2.75) is 370 Å². The summed E-state index contributed by atoms with van der Waals surface area (Å²) in [5.41, 5.74) is 0. The van der Waals surface area contributed by atoms with Crippen LogP contribution in [0.15, 0.2) is 12.2 Å². The molecule has 2 saturated heterocycles. The van der Waals surface area contributed by atoms with E-state index in [9.17, 15) is 45.6 Å². The van der Waals surface area contributed by atoms with Crippen molar-refractivity contribution < 1.29 is 64.6 Å². The van der Waals surface area contributed by atoms with Gasteiger partial charge in [-0.3, -0.25) is 4.79 Å². The molecule has 2 aliphatic heterocycles. The smallest absolute Gasteiger partial charge is 0.220 e. The number of carbonyl (C=O) groups excluding carboxylic acids is 1. The molecule has 2 heterocycles. The number of ether oxygens (including phenoxy) is 4. The van der Waals surface area contributed by atoms with Gasteiger partial charge in [0, 0.05) is 6.42 Å². The second-order valence-corrected chi connectivity index (χ2v) is 23.6. The molecule has 0 aromatic carbocycles. The molecule has 462 valence electrons. The van der Waals surface area contributed by atoms with Gasteiger partial charge in [0.15, 0.2) is 12.6 Å². The lowest BCUT2D eigenvalue weighted by atomic mass is 9.97. The third-order valence-electron chi connectivity index (χ3n) is 16.5. The molecule has 12 atom stereocenters. The normalized spacial score (nSPS) is 24.5. The third-order valence-corrected chi connectivity index (χ3v) is 16.5. The van der Waals surface area contributed by atoms with Gasteiger partial charge in [0.2, 0.25) is 5.91 Å². The van der Waals surface area contributed by atoms with Crippen LogP contribution < -0.4 is 5.32 Å². The van der Waals surface area contributed by atoms with E-state index in [0.717, 1.165) is 38.5 Å². The van der Waals surface area contributed by atoms with E-state index in [2.05, 4.69) is 19.2 Å². The van der Waals surface area contributed by atoms with Crippen LogP contribution in [-0.4, -0.2) is 140 Å². The number of unbranched alkanes of at least 4 members (excludes halogenated alkanes) is 41. The monoisotopic (exact) mass is 1110 g/mol. The van der Waals surface area contributed by atoms with Gasteiger partial charge in [-0.25, -0.2) is 0 Å². The highest BCUT2D eigenvalue weighted by molar-refractivity contribution is 5.76. The van der Waals surface area contributed by atoms with Gasteiger partial charge in [0.1, 0.15) is 48.8 Å². The van der Waals surface area contributed by atoms with Crippen molar-refractivity contribution in [3.63, 3.8) is 0 Å². The zero-order valence-electron chi connectivity index (χ0n) is 49.9. The van der Waals surface area contributed by atoms with Gasteiger partial charge in [-0.1, -0.05) is 283 Å². The summed E-state index contributed by atoms with van der Waals surface area (Å²) in [5.74, 6) is -0.232. The van der Waals surface area contributed by atoms with Gasteiger partial charge in [0.25, 0.3) is 0 Å². The fourth-order valence-corrected chi connectivity index (χ4v) is 11.2. The molecule has 14 heteroatoms. The highest BCUT2D eigenvalue weighted by atomic mass is 16.7. The van der Waals surface area contributed by atoms with Crippen LogP contribution in [0, 0.1) is 0 Å². The van der Waals surface area contributed by atoms with Gasteiger partial charge in [0.05, 0.1) is 32.0 Å². The van der Waals surface area contributed by atoms with Gasteiger partial charge in [-0.2, -0.15) is 0 Å². The highest BCUT2D eigenvalue weighted by Gasteiger charge is 2.51. The van der Waals surface area contributed by atoms with Gasteiger partial charge < -0.3 is 65.1 Å². The summed E-state index contributed by atoms with van der Waals surface area (Å²) in [6.07, 6.45) is 42.7. The van der Waals surface area contributed by atoms with Crippen LogP contribution in [0.3, 0.4) is 0 Å². The molecule has 78 heavy (non-hydrogen) atoms. The number of nitrogens with one attached hydrogen (secondary N) is 1. The Hall–Kier alpha value is -1.27. The average molecular weight is 1110 g/mol. The number of allylic oxidation sites excluding steroid dienone is 1. The molecule has 1 amide bonds. The van der Waals surface area contributed by atoms with Crippen LogP contribution in [0.4, 0.5) is 0 Å². The molecule has 0 spiro atoms. The summed E-state index contributed by atoms with van der Waals surface area (Å²) in [5, 5.41) is 87.2. The van der Waals surface area contributed by atoms with Crippen LogP contribution in [0.25, 0.3) is 0 Å². The molecule has 0 aliphatic carbocycles. The standard InChI is InChI=1S/C64H123NO13/c1-3-5-7-9-11-13-15-17-19-21-22-23-24-25-26-27-28-29-30-31-32-34-36-38-40-42-44-46-48-56(69)65-52(53(68)47-45-43-41-39-37-35-33-20-18-16-14-12-10-8-6-4-2)51-75-63-61(74)59(72)62(55(50-67)77-63)78-64-60(73)58(71)57(70)54(49-66)76-64/h45,47,52-55,57-64,66-68,70-74H,3-44,46,48-51H2,1-2H3,(H,65,69)/b47-45+/t52-,53+,54+,55+,57-,58?,59?,60?,61?,62+,63+,64-/m0/s1. The van der Waals surface area contributed by atoms with Crippen LogP contribution in [-0.2, 0) is 23.7 Å². The largest absolute Gasteiger partial charge is 0.394 e. The predicted octanol–water partition coefficient (Wildman–Crippen LogP) is 12.2. The Bertz CT molecular complexity index is 1360. The van der Waals surface area contributed by atoms with Crippen LogP contribution in [0.2, 0.25) is 0 Å². The van der Waals surface area contributed by atoms with Crippen LogP contribution in [0.5, 0.6) is 0 Å². The van der Waals surface area contributed by atoms with E-state index in [1.165, 1.54) is 231 Å². The zero-order valence-corrected chi connectivity index (χ0v) is 49.9. The van der Waals surface area contributed by atoms with Crippen molar-refractivity contribution in [3.8, 4) is 0 Å². The fourth-order valence-electron chi connectivity index (χ4n) is 11.2. The number of aliphatic hydroxyl groups excluding tert-OH is 8. The SMILES string of the molecule is CCCCCCCCCCCCCCCC/C=C/[C@@H](O)[C@H](CO[C@@H]1O[C@H](CO)[C@@H](O[C@@H]2O[C@H](CO)[C@H](O)C(O)C2O)C(O)C1O)NC(=O)CCCCCCCCCCCCCCCCCCCCCCCCCCCCCC. The minimum absolute atomic E-state index is 0.232. The van der Waals surface area contributed by atoms with Gasteiger partial charge >= 0.3 is 0 Å². The van der Waals surface area contributed by atoms with E-state index in [0.29, 0.717) is 6.42 Å². The van der Waals surface area contributed by atoms with Crippen molar-refractivity contribution in [1.82, 2.24) is 5.32 Å². The van der Waals surface area contributed by atoms with Gasteiger partial charge in [-0.05, 0) is 19.3 Å². The molecule has 0 bridgehead atoms. The molecular weight excluding hydrogens is 991 g/mol. The van der Waals surface area contributed by atoms with E-state index in [1.54, 1.807) is 6.08 Å². The van der Waals surface area contributed by atoms with Gasteiger partial charge in [-0.15, -0.1) is 0 Å². The number of hydrogen-bond donors (Lipinski definition) is 9. The molecule has 0 radical (unpaired) electrons. The number of carbonyl (C=O) groups is 1. The highest BCUT2D eigenvalue weighted by Crippen LogP contribution is 2.30. The zero-order chi connectivity index (χ0) is 56.7. The number of aliphatic hydroxyl groups is 8. The lowest BCUT2D eigenvalue weighted by Crippen LogP contribution is -2.65. The molecule has 2 aliphatic rings. The summed E-state index contributed by atoms with van der Waals surface area (Å²) >= 11 is 0. The van der Waals surface area contributed by atoms with E-state index >= 15 is 0 Å². The van der Waals surface area contributed by atoms with Crippen molar-refractivity contribution in [1.29, 1.82) is 0 Å². The molecule has 2 rings (SSSR count). The maximum atomic E-state index is 13.3. The first-order valence-electron chi connectivity index (χ1n) is 32.9. The third kappa shape index (κ3) is 35.0. The molecule has 0 aromatic rings. The minimum atomic E-state index is -1.79. The van der Waals surface area contributed by atoms with Crippen molar-refractivity contribution >= 4 is 5.91 Å². The number of hydrogen-bond acceptors (Lipinski definition) is 13. The van der Waals surface area contributed by atoms with Crippen LogP contribution >= 0.6 is 0 Å². The van der Waals surface area contributed by atoms with Crippen molar-refractivity contribution in [3.05, 3.63) is 12.2 Å². The summed E-state index contributed by atoms with van der Waals surface area (Å²) in [4.78, 5) is 13.3. The first-order valence-corrected chi connectivity index (χ1v) is 32.9. The summed E-state index contributed by atoms with van der Waals surface area (Å²) < 4.78 is 22.8. The topological polar surface area (TPSA) is 228 Å². The molecule has 14 nitrogen and oxygen atoms in total. The van der Waals surface area contributed by atoms with Crippen LogP contribution in [0.1, 0.15) is 296 Å². The first-order chi connectivity index (χ1) is 38.1. The fraction of sp³-hybridized carbons (Fsp3) is 0.953. The van der Waals surface area contributed by atoms with E-state index in [-0.39, 0.29) is 18.9 Å². The Kier molecular flexibility index (Phi) is 46.9. The predicted molar refractivity (Wildman–Crippen MR) is 314 cm³/mol. The Morgan fingerprint density at radius 3 is 1.18 bits per heavy atom. The molecular formula is C64H123NO13. The Balaban J connectivity index is 1.67. The van der Waals surface area contributed by atoms with E-state index in [4.69, 9.17) is 18.9 Å². The first kappa shape index (κ1) is 72.8. The molecule has 0 aromatic heterocycles. The molecule has 2 fully saturated rings. The average Bonchev–Trinajstić information content (AvgIpc) is 3.48. The van der Waals surface area contributed by atoms with Crippen molar-refractivity contribution in [2.24, 2.45) is 0 Å². The maximum absolute atomic E-state index is 13.3. The summed E-state index contributed by atoms with van der Waals surface area (Å²) in [7, 11) is 0. The lowest BCUT2D eigenvalue weighted by Gasteiger charge is -2.46. The second kappa shape index (κ2) is 50.3. The molecule has 4 unspecified atom stereocenters. The second-order valence-electron chi connectivity index (χ2n) is 23.6. The Morgan fingerprint density at radius 1 is 0.449 bits per heavy atom. The van der Waals surface area contributed by atoms with E-state index in [1.807, 2.05) is 6.08 Å². The quantitative estimate of drug-likeness (QED) is 0.0204. The Labute approximate surface area is 476 Å². The lowest BCUT2D eigenvalue weighted by molar-refractivity contribution is -0.359. The summed E-state index contributed by atoms with van der Waals surface area (Å²) in [6.45, 7) is 2.84. The number of rotatable bonds is 54. The Morgan fingerprint density at radius 2 is 0.795 bits per heavy atom. The summed E-state index contributed by atoms with van der Waals surface area (Å²) in [6, 6.07) is -0.910. The van der Waals surface area contributed by atoms with Crippen molar-refractivity contribution in [2.75, 3.05) is 19.8 Å². The van der Waals surface area contributed by atoms with E-state index < -0.39 is 86.8 Å². The maximum Gasteiger partial charge on any atom is 0.220 e.